The van der Waals surface area contributed by atoms with Gasteiger partial charge in [0.05, 0.1) is 6.10 Å². The van der Waals surface area contributed by atoms with Crippen LogP contribution in [-0.4, -0.2) is 31.8 Å². The largest absolute Gasteiger partial charge is 0.491 e. The summed E-state index contributed by atoms with van der Waals surface area (Å²) in [4.78, 5) is 12.4. The fourth-order valence-corrected chi connectivity index (χ4v) is 2.97. The standard InChI is InChI=1S/C20H31NO3/c1-3-5-8-16(4-2)14-21-20(22)17-9-6-10-18(13-17)24-15-19-11-7-12-23-19/h6,9-10,13,16,19H,3-5,7-8,11-12,14-15H2,1-2H3,(H,21,22). The van der Waals surface area contributed by atoms with E-state index in [1.54, 1.807) is 0 Å². The molecule has 134 valence electrons. The number of carbonyl (C=O) groups excluding carboxylic acids is 1. The molecule has 1 N–H and O–H groups in total. The van der Waals surface area contributed by atoms with Gasteiger partial charge in [-0.15, -0.1) is 0 Å². The summed E-state index contributed by atoms with van der Waals surface area (Å²) >= 11 is 0. The third kappa shape index (κ3) is 6.16. The molecule has 4 nitrogen and oxygen atoms in total. The van der Waals surface area contributed by atoms with Gasteiger partial charge in [-0.1, -0.05) is 39.2 Å². The summed E-state index contributed by atoms with van der Waals surface area (Å²) in [5, 5.41) is 3.06. The molecule has 4 heteroatoms. The molecule has 2 rings (SSSR count). The van der Waals surface area contributed by atoms with E-state index < -0.39 is 0 Å². The van der Waals surface area contributed by atoms with Crippen LogP contribution in [0.4, 0.5) is 0 Å². The van der Waals surface area contributed by atoms with Gasteiger partial charge < -0.3 is 14.8 Å². The van der Waals surface area contributed by atoms with Crippen LogP contribution in [0, 0.1) is 5.92 Å². The van der Waals surface area contributed by atoms with Crippen LogP contribution in [0.5, 0.6) is 5.75 Å². The monoisotopic (exact) mass is 333 g/mol. The molecule has 1 aromatic carbocycles. The van der Waals surface area contributed by atoms with Crippen molar-refractivity contribution in [3.05, 3.63) is 29.8 Å². The Morgan fingerprint density at radius 1 is 1.42 bits per heavy atom. The van der Waals surface area contributed by atoms with Crippen LogP contribution < -0.4 is 10.1 Å². The van der Waals surface area contributed by atoms with Crippen LogP contribution in [0.15, 0.2) is 24.3 Å². The van der Waals surface area contributed by atoms with Crippen LogP contribution in [0.2, 0.25) is 0 Å². The highest BCUT2D eigenvalue weighted by molar-refractivity contribution is 5.94. The van der Waals surface area contributed by atoms with Gasteiger partial charge in [0.1, 0.15) is 12.4 Å². The van der Waals surface area contributed by atoms with E-state index in [-0.39, 0.29) is 12.0 Å². The fraction of sp³-hybridized carbons (Fsp3) is 0.650. The van der Waals surface area contributed by atoms with Crippen molar-refractivity contribution in [3.63, 3.8) is 0 Å². The lowest BCUT2D eigenvalue weighted by Crippen LogP contribution is -2.29. The second-order valence-corrected chi connectivity index (χ2v) is 6.60. The molecule has 1 amide bonds. The smallest absolute Gasteiger partial charge is 0.251 e. The number of nitrogens with one attached hydrogen (secondary N) is 1. The van der Waals surface area contributed by atoms with Gasteiger partial charge in [-0.2, -0.15) is 0 Å². The van der Waals surface area contributed by atoms with E-state index in [1.165, 1.54) is 19.3 Å². The van der Waals surface area contributed by atoms with E-state index in [2.05, 4.69) is 19.2 Å². The zero-order valence-corrected chi connectivity index (χ0v) is 15.1. The second-order valence-electron chi connectivity index (χ2n) is 6.60. The summed E-state index contributed by atoms with van der Waals surface area (Å²) < 4.78 is 11.3. The molecule has 1 aliphatic rings. The number of benzene rings is 1. The molecular formula is C20H31NO3. The first kappa shape index (κ1) is 18.8. The van der Waals surface area contributed by atoms with E-state index >= 15 is 0 Å². The van der Waals surface area contributed by atoms with Crippen molar-refractivity contribution in [2.24, 2.45) is 5.92 Å². The first-order chi connectivity index (χ1) is 11.7. The maximum absolute atomic E-state index is 12.4. The van der Waals surface area contributed by atoms with Crippen LogP contribution in [-0.2, 0) is 4.74 Å². The predicted molar refractivity (Wildman–Crippen MR) is 96.6 cm³/mol. The van der Waals surface area contributed by atoms with Crippen molar-refractivity contribution in [2.75, 3.05) is 19.8 Å². The number of rotatable bonds is 10. The first-order valence-electron chi connectivity index (χ1n) is 9.35. The molecule has 1 aliphatic heterocycles. The topological polar surface area (TPSA) is 47.6 Å². The van der Waals surface area contributed by atoms with Crippen LogP contribution in [0.25, 0.3) is 0 Å². The van der Waals surface area contributed by atoms with Gasteiger partial charge in [0.2, 0.25) is 0 Å². The Hall–Kier alpha value is -1.55. The lowest BCUT2D eigenvalue weighted by atomic mass is 9.99. The quantitative estimate of drug-likeness (QED) is 0.698. The molecule has 1 saturated heterocycles. The summed E-state index contributed by atoms with van der Waals surface area (Å²) in [5.74, 6) is 1.27. The zero-order valence-electron chi connectivity index (χ0n) is 15.1. The second kappa shape index (κ2) is 10.3. The lowest BCUT2D eigenvalue weighted by molar-refractivity contribution is 0.0679. The van der Waals surface area contributed by atoms with E-state index in [0.717, 1.165) is 38.2 Å². The molecule has 0 bridgehead atoms. The van der Waals surface area contributed by atoms with E-state index in [9.17, 15) is 4.79 Å². The highest BCUT2D eigenvalue weighted by Gasteiger charge is 2.16. The summed E-state index contributed by atoms with van der Waals surface area (Å²) in [6.07, 6.45) is 7.05. The molecule has 24 heavy (non-hydrogen) atoms. The fourth-order valence-electron chi connectivity index (χ4n) is 2.97. The number of hydrogen-bond donors (Lipinski definition) is 1. The van der Waals surface area contributed by atoms with Gasteiger partial charge >= 0.3 is 0 Å². The molecule has 2 atom stereocenters. The summed E-state index contributed by atoms with van der Waals surface area (Å²) in [7, 11) is 0. The maximum Gasteiger partial charge on any atom is 0.251 e. The number of amides is 1. The molecule has 0 aromatic heterocycles. The van der Waals surface area contributed by atoms with Crippen molar-refractivity contribution in [1.29, 1.82) is 0 Å². The van der Waals surface area contributed by atoms with E-state index in [1.807, 2.05) is 24.3 Å². The normalized spacial score (nSPS) is 18.3. The minimum absolute atomic E-state index is 0.0208. The minimum Gasteiger partial charge on any atom is -0.491 e. The van der Waals surface area contributed by atoms with E-state index in [4.69, 9.17) is 9.47 Å². The Bertz CT molecular complexity index is 497. The molecule has 0 spiro atoms. The van der Waals surface area contributed by atoms with Gasteiger partial charge in [-0.3, -0.25) is 4.79 Å². The Labute approximate surface area is 145 Å². The highest BCUT2D eigenvalue weighted by Crippen LogP contribution is 2.17. The Morgan fingerprint density at radius 3 is 3.00 bits per heavy atom. The summed E-state index contributed by atoms with van der Waals surface area (Å²) in [6, 6.07) is 7.41. The van der Waals surface area contributed by atoms with Crippen molar-refractivity contribution in [2.45, 2.75) is 58.5 Å². The molecule has 0 saturated carbocycles. The lowest BCUT2D eigenvalue weighted by Gasteiger charge is -2.16. The van der Waals surface area contributed by atoms with Crippen LogP contribution in [0.3, 0.4) is 0 Å². The third-order valence-corrected chi connectivity index (χ3v) is 4.65. The molecule has 0 aliphatic carbocycles. The number of ether oxygens (including phenoxy) is 2. The van der Waals surface area contributed by atoms with Crippen molar-refractivity contribution in [1.82, 2.24) is 5.32 Å². The van der Waals surface area contributed by atoms with Crippen LogP contribution >= 0.6 is 0 Å². The highest BCUT2D eigenvalue weighted by atomic mass is 16.5. The maximum atomic E-state index is 12.4. The Balaban J connectivity index is 1.81. The van der Waals surface area contributed by atoms with Gasteiger partial charge in [-0.05, 0) is 43.4 Å². The van der Waals surface area contributed by atoms with Crippen molar-refractivity contribution in [3.8, 4) is 5.75 Å². The average Bonchev–Trinajstić information content (AvgIpc) is 3.14. The van der Waals surface area contributed by atoms with Crippen molar-refractivity contribution < 1.29 is 14.3 Å². The van der Waals surface area contributed by atoms with Gasteiger partial charge in [0.25, 0.3) is 5.91 Å². The predicted octanol–water partition coefficient (Wildman–Crippen LogP) is 4.19. The van der Waals surface area contributed by atoms with Crippen LogP contribution in [0.1, 0.15) is 62.7 Å². The average molecular weight is 333 g/mol. The minimum atomic E-state index is -0.0208. The molecule has 0 radical (unpaired) electrons. The molecule has 2 unspecified atom stereocenters. The first-order valence-corrected chi connectivity index (χ1v) is 9.35. The SMILES string of the molecule is CCCCC(CC)CNC(=O)c1cccc(OCC2CCCO2)c1. The zero-order chi connectivity index (χ0) is 17.2. The Kier molecular flexibility index (Phi) is 8.10. The van der Waals surface area contributed by atoms with Gasteiger partial charge in [0, 0.05) is 18.7 Å². The van der Waals surface area contributed by atoms with E-state index in [0.29, 0.717) is 18.1 Å². The summed E-state index contributed by atoms with van der Waals surface area (Å²) in [5.41, 5.74) is 0.658. The third-order valence-electron chi connectivity index (χ3n) is 4.65. The molecular weight excluding hydrogens is 302 g/mol. The number of carbonyl (C=O) groups is 1. The van der Waals surface area contributed by atoms with Crippen molar-refractivity contribution >= 4 is 5.91 Å². The summed E-state index contributed by atoms with van der Waals surface area (Å²) in [6.45, 7) is 6.52. The van der Waals surface area contributed by atoms with Gasteiger partial charge in [-0.25, -0.2) is 0 Å². The number of hydrogen-bond acceptors (Lipinski definition) is 3. The molecule has 1 aromatic rings. The van der Waals surface area contributed by atoms with Gasteiger partial charge in [0.15, 0.2) is 0 Å². The Morgan fingerprint density at radius 2 is 2.29 bits per heavy atom. The molecule has 1 heterocycles. The molecule has 1 fully saturated rings. The number of unbranched alkanes of at least 4 members (excludes halogenated alkanes) is 1.